The molecule has 122 valence electrons. The van der Waals surface area contributed by atoms with Crippen LogP contribution in [0.15, 0.2) is 23.2 Å². The standard InChI is InChI=1S/C18H29N3O/c1-3-14-8-7-9-15(4-2)17(14)21-18(19)20-12-11-16-10-5-6-13-22-16/h7-9,16H,3-6,10-13H2,1-2H3,(H3,19,20,21). The average Bonchev–Trinajstić information content (AvgIpc) is 2.56. The number of para-hydroxylation sites is 1. The van der Waals surface area contributed by atoms with Crippen LogP contribution in [-0.4, -0.2) is 25.2 Å². The van der Waals surface area contributed by atoms with E-state index in [1.165, 1.54) is 24.0 Å². The molecule has 0 aromatic heterocycles. The highest BCUT2D eigenvalue weighted by molar-refractivity contribution is 5.93. The quantitative estimate of drug-likeness (QED) is 0.624. The van der Waals surface area contributed by atoms with Crippen LogP contribution in [0.4, 0.5) is 5.69 Å². The SMILES string of the molecule is CCc1cccc(CC)c1NC(N)=NCCC1CCCCO1. The lowest BCUT2D eigenvalue weighted by Crippen LogP contribution is -2.25. The number of nitrogens with two attached hydrogens (primary N) is 1. The van der Waals surface area contributed by atoms with E-state index in [4.69, 9.17) is 10.5 Å². The molecular formula is C18H29N3O. The number of nitrogens with zero attached hydrogens (tertiary/aromatic N) is 1. The number of nitrogens with one attached hydrogen (secondary N) is 1. The van der Waals surface area contributed by atoms with Crippen LogP contribution < -0.4 is 11.1 Å². The predicted octanol–water partition coefficient (Wildman–Crippen LogP) is 3.50. The zero-order valence-electron chi connectivity index (χ0n) is 13.9. The number of aliphatic imine (C=N–C) groups is 1. The predicted molar refractivity (Wildman–Crippen MR) is 93.5 cm³/mol. The molecule has 1 unspecified atom stereocenters. The lowest BCUT2D eigenvalue weighted by atomic mass is 10.0. The molecule has 0 spiro atoms. The van der Waals surface area contributed by atoms with E-state index in [0.717, 1.165) is 44.5 Å². The molecule has 0 radical (unpaired) electrons. The van der Waals surface area contributed by atoms with E-state index in [2.05, 4.69) is 42.4 Å². The summed E-state index contributed by atoms with van der Waals surface area (Å²) in [5.41, 5.74) is 9.76. The molecule has 0 amide bonds. The minimum Gasteiger partial charge on any atom is -0.378 e. The van der Waals surface area contributed by atoms with E-state index < -0.39 is 0 Å². The van der Waals surface area contributed by atoms with E-state index >= 15 is 0 Å². The minimum atomic E-state index is 0.361. The summed E-state index contributed by atoms with van der Waals surface area (Å²) in [4.78, 5) is 4.47. The van der Waals surface area contributed by atoms with Crippen molar-refractivity contribution in [2.24, 2.45) is 10.7 Å². The molecule has 1 aromatic carbocycles. The van der Waals surface area contributed by atoms with Crippen molar-refractivity contribution in [1.82, 2.24) is 0 Å². The summed E-state index contributed by atoms with van der Waals surface area (Å²) in [6.45, 7) is 5.94. The summed E-state index contributed by atoms with van der Waals surface area (Å²) in [5, 5.41) is 3.31. The third kappa shape index (κ3) is 4.73. The van der Waals surface area contributed by atoms with Crippen LogP contribution >= 0.6 is 0 Å². The summed E-state index contributed by atoms with van der Waals surface area (Å²) < 4.78 is 5.72. The first kappa shape index (κ1) is 16.8. The minimum absolute atomic E-state index is 0.361. The van der Waals surface area contributed by atoms with Crippen LogP contribution in [0.3, 0.4) is 0 Å². The summed E-state index contributed by atoms with van der Waals surface area (Å²) in [6, 6.07) is 6.39. The highest BCUT2D eigenvalue weighted by Gasteiger charge is 2.13. The van der Waals surface area contributed by atoms with Crippen LogP contribution in [0.5, 0.6) is 0 Å². The molecule has 2 rings (SSSR count). The van der Waals surface area contributed by atoms with Crippen molar-refractivity contribution in [3.63, 3.8) is 0 Å². The highest BCUT2D eigenvalue weighted by Crippen LogP contribution is 2.22. The zero-order chi connectivity index (χ0) is 15.8. The molecular weight excluding hydrogens is 274 g/mol. The van der Waals surface area contributed by atoms with Gasteiger partial charge in [-0.1, -0.05) is 32.0 Å². The summed E-state index contributed by atoms with van der Waals surface area (Å²) in [7, 11) is 0. The lowest BCUT2D eigenvalue weighted by molar-refractivity contribution is 0.0129. The Morgan fingerprint density at radius 1 is 1.27 bits per heavy atom. The molecule has 0 bridgehead atoms. The molecule has 3 N–H and O–H groups in total. The number of hydrogen-bond donors (Lipinski definition) is 2. The van der Waals surface area contributed by atoms with Gasteiger partial charge in [0.15, 0.2) is 5.96 Å². The summed E-state index contributed by atoms with van der Waals surface area (Å²) in [6.07, 6.45) is 6.90. The van der Waals surface area contributed by atoms with E-state index in [-0.39, 0.29) is 0 Å². The van der Waals surface area contributed by atoms with Gasteiger partial charge in [0.25, 0.3) is 0 Å². The number of rotatable bonds is 6. The van der Waals surface area contributed by atoms with Gasteiger partial charge in [0.1, 0.15) is 0 Å². The van der Waals surface area contributed by atoms with Gasteiger partial charge >= 0.3 is 0 Å². The van der Waals surface area contributed by atoms with Crippen molar-refractivity contribution < 1.29 is 4.74 Å². The number of hydrogen-bond acceptors (Lipinski definition) is 2. The van der Waals surface area contributed by atoms with Gasteiger partial charge < -0.3 is 15.8 Å². The van der Waals surface area contributed by atoms with Gasteiger partial charge in [-0.3, -0.25) is 4.99 Å². The fourth-order valence-corrected chi connectivity index (χ4v) is 2.93. The van der Waals surface area contributed by atoms with Gasteiger partial charge in [-0.25, -0.2) is 0 Å². The van der Waals surface area contributed by atoms with Gasteiger partial charge in [-0.05, 0) is 49.7 Å². The van der Waals surface area contributed by atoms with Crippen LogP contribution in [0.1, 0.15) is 50.7 Å². The van der Waals surface area contributed by atoms with E-state index in [9.17, 15) is 0 Å². The third-order valence-corrected chi connectivity index (χ3v) is 4.26. The Morgan fingerprint density at radius 2 is 2.00 bits per heavy atom. The van der Waals surface area contributed by atoms with Crippen molar-refractivity contribution in [1.29, 1.82) is 0 Å². The molecule has 1 aliphatic rings. The Morgan fingerprint density at radius 3 is 2.59 bits per heavy atom. The van der Waals surface area contributed by atoms with Crippen LogP contribution in [0.2, 0.25) is 0 Å². The maximum absolute atomic E-state index is 6.07. The Hall–Kier alpha value is -1.55. The van der Waals surface area contributed by atoms with Gasteiger partial charge in [0.2, 0.25) is 0 Å². The van der Waals surface area contributed by atoms with Gasteiger partial charge in [0.05, 0.1) is 6.10 Å². The van der Waals surface area contributed by atoms with Gasteiger partial charge in [-0.2, -0.15) is 0 Å². The largest absolute Gasteiger partial charge is 0.378 e. The molecule has 4 heteroatoms. The smallest absolute Gasteiger partial charge is 0.193 e. The summed E-state index contributed by atoms with van der Waals surface area (Å²) in [5.74, 6) is 0.506. The van der Waals surface area contributed by atoms with E-state index in [0.29, 0.717) is 12.1 Å². The second kappa shape index (κ2) is 8.79. The molecule has 1 heterocycles. The second-order valence-corrected chi connectivity index (χ2v) is 5.83. The molecule has 1 saturated heterocycles. The fraction of sp³-hybridized carbons (Fsp3) is 0.611. The monoisotopic (exact) mass is 303 g/mol. The highest BCUT2D eigenvalue weighted by atomic mass is 16.5. The Balaban J connectivity index is 1.93. The molecule has 0 saturated carbocycles. The number of guanidine groups is 1. The molecule has 22 heavy (non-hydrogen) atoms. The molecule has 4 nitrogen and oxygen atoms in total. The van der Waals surface area contributed by atoms with E-state index in [1.807, 2.05) is 0 Å². The number of aryl methyl sites for hydroxylation is 2. The topological polar surface area (TPSA) is 59.6 Å². The van der Waals surface area contributed by atoms with Gasteiger partial charge in [-0.15, -0.1) is 0 Å². The van der Waals surface area contributed by atoms with Crippen LogP contribution in [-0.2, 0) is 17.6 Å². The maximum Gasteiger partial charge on any atom is 0.193 e. The Kier molecular flexibility index (Phi) is 6.72. The average molecular weight is 303 g/mol. The Bertz CT molecular complexity index is 471. The second-order valence-electron chi connectivity index (χ2n) is 5.83. The van der Waals surface area contributed by atoms with Gasteiger partial charge in [0, 0.05) is 18.8 Å². The van der Waals surface area contributed by atoms with Crippen molar-refractivity contribution in [3.8, 4) is 0 Å². The normalized spacial score (nSPS) is 19.2. The molecule has 1 aromatic rings. The van der Waals surface area contributed by atoms with Crippen molar-refractivity contribution in [3.05, 3.63) is 29.3 Å². The first-order chi connectivity index (χ1) is 10.7. The molecule has 1 aliphatic heterocycles. The molecule has 1 atom stereocenters. The maximum atomic E-state index is 6.07. The van der Waals surface area contributed by atoms with Crippen molar-refractivity contribution >= 4 is 11.6 Å². The van der Waals surface area contributed by atoms with Crippen molar-refractivity contribution in [2.75, 3.05) is 18.5 Å². The number of ether oxygens (including phenoxy) is 1. The van der Waals surface area contributed by atoms with Crippen LogP contribution in [0, 0.1) is 0 Å². The fourth-order valence-electron chi connectivity index (χ4n) is 2.93. The molecule has 0 aliphatic carbocycles. The third-order valence-electron chi connectivity index (χ3n) is 4.26. The zero-order valence-corrected chi connectivity index (χ0v) is 13.9. The number of anilines is 1. The Labute approximate surface area is 134 Å². The van der Waals surface area contributed by atoms with Crippen molar-refractivity contribution in [2.45, 2.75) is 58.5 Å². The molecule has 1 fully saturated rings. The lowest BCUT2D eigenvalue weighted by Gasteiger charge is -2.21. The summed E-state index contributed by atoms with van der Waals surface area (Å²) >= 11 is 0. The number of benzene rings is 1. The van der Waals surface area contributed by atoms with E-state index in [1.54, 1.807) is 0 Å². The van der Waals surface area contributed by atoms with Crippen LogP contribution in [0.25, 0.3) is 0 Å². The first-order valence-electron chi connectivity index (χ1n) is 8.53. The first-order valence-corrected chi connectivity index (χ1v) is 8.53.